The highest BCUT2D eigenvalue weighted by molar-refractivity contribution is 7.99. The number of halogens is 2. The summed E-state index contributed by atoms with van der Waals surface area (Å²) in [6.45, 7) is 1.08. The minimum atomic E-state index is -0.250. The number of amides is 1. The Bertz CT molecular complexity index is 634. The van der Waals surface area contributed by atoms with Crippen LogP contribution >= 0.6 is 23.4 Å². The first-order valence-electron chi connectivity index (χ1n) is 7.61. The summed E-state index contributed by atoms with van der Waals surface area (Å²) >= 11 is 7.32. The second-order valence-electron chi connectivity index (χ2n) is 5.08. The van der Waals surface area contributed by atoms with Gasteiger partial charge in [-0.1, -0.05) is 23.7 Å². The highest BCUT2D eigenvalue weighted by Crippen LogP contribution is 2.15. The largest absolute Gasteiger partial charge is 0.493 e. The van der Waals surface area contributed by atoms with Gasteiger partial charge in [-0.25, -0.2) is 4.39 Å². The van der Waals surface area contributed by atoms with Crippen molar-refractivity contribution in [2.45, 2.75) is 6.42 Å². The van der Waals surface area contributed by atoms with Gasteiger partial charge < -0.3 is 10.1 Å². The van der Waals surface area contributed by atoms with Crippen molar-refractivity contribution in [3.63, 3.8) is 0 Å². The summed E-state index contributed by atoms with van der Waals surface area (Å²) in [5.41, 5.74) is 1.00. The van der Waals surface area contributed by atoms with Crippen LogP contribution in [0.25, 0.3) is 0 Å². The quantitative estimate of drug-likeness (QED) is 0.682. The third-order valence-electron chi connectivity index (χ3n) is 3.19. The van der Waals surface area contributed by atoms with E-state index in [1.54, 1.807) is 24.3 Å². The first-order valence-corrected chi connectivity index (χ1v) is 9.14. The van der Waals surface area contributed by atoms with E-state index in [-0.39, 0.29) is 11.7 Å². The minimum absolute atomic E-state index is 0.00592. The Morgan fingerprint density at radius 3 is 2.54 bits per heavy atom. The SMILES string of the molecule is O=C(CSCCOc1ccc(Cl)cc1)NCCc1ccc(F)cc1. The van der Waals surface area contributed by atoms with E-state index in [4.69, 9.17) is 16.3 Å². The van der Waals surface area contributed by atoms with Crippen molar-refractivity contribution in [2.24, 2.45) is 0 Å². The molecular formula is C18H19ClFNO2S. The van der Waals surface area contributed by atoms with Gasteiger partial charge in [-0.3, -0.25) is 4.79 Å². The fourth-order valence-electron chi connectivity index (χ4n) is 1.96. The lowest BCUT2D eigenvalue weighted by Gasteiger charge is -2.07. The molecule has 0 saturated carbocycles. The summed E-state index contributed by atoms with van der Waals surface area (Å²) in [6, 6.07) is 13.5. The van der Waals surface area contributed by atoms with E-state index in [0.29, 0.717) is 30.3 Å². The van der Waals surface area contributed by atoms with Gasteiger partial charge in [-0.15, -0.1) is 11.8 Å². The van der Waals surface area contributed by atoms with E-state index >= 15 is 0 Å². The van der Waals surface area contributed by atoms with Crippen LogP contribution in [0.2, 0.25) is 5.02 Å². The molecule has 128 valence electrons. The Labute approximate surface area is 150 Å². The molecule has 0 bridgehead atoms. The van der Waals surface area contributed by atoms with Gasteiger partial charge in [0, 0.05) is 17.3 Å². The fourth-order valence-corrected chi connectivity index (χ4v) is 2.72. The molecule has 2 aromatic rings. The molecule has 0 radical (unpaired) electrons. The summed E-state index contributed by atoms with van der Waals surface area (Å²) < 4.78 is 18.3. The molecule has 24 heavy (non-hydrogen) atoms. The van der Waals surface area contributed by atoms with Gasteiger partial charge in [0.15, 0.2) is 0 Å². The van der Waals surface area contributed by atoms with E-state index in [0.717, 1.165) is 17.1 Å². The van der Waals surface area contributed by atoms with Crippen LogP contribution in [-0.4, -0.2) is 30.6 Å². The van der Waals surface area contributed by atoms with E-state index in [1.807, 2.05) is 12.1 Å². The summed E-state index contributed by atoms with van der Waals surface area (Å²) in [5.74, 6) is 1.64. The molecule has 1 amide bonds. The zero-order valence-corrected chi connectivity index (χ0v) is 14.7. The lowest BCUT2D eigenvalue weighted by molar-refractivity contribution is -0.118. The molecule has 0 aromatic heterocycles. The van der Waals surface area contributed by atoms with Crippen molar-refractivity contribution >= 4 is 29.3 Å². The van der Waals surface area contributed by atoms with Crippen LogP contribution in [0.4, 0.5) is 4.39 Å². The van der Waals surface area contributed by atoms with Gasteiger partial charge in [-0.05, 0) is 48.4 Å². The van der Waals surface area contributed by atoms with Gasteiger partial charge >= 0.3 is 0 Å². The highest BCUT2D eigenvalue weighted by Gasteiger charge is 2.02. The van der Waals surface area contributed by atoms with Crippen molar-refractivity contribution in [2.75, 3.05) is 24.7 Å². The van der Waals surface area contributed by atoms with Crippen LogP contribution in [0.5, 0.6) is 5.75 Å². The third-order valence-corrected chi connectivity index (χ3v) is 4.37. The monoisotopic (exact) mass is 367 g/mol. The van der Waals surface area contributed by atoms with Gasteiger partial charge in [0.1, 0.15) is 11.6 Å². The van der Waals surface area contributed by atoms with Crippen molar-refractivity contribution in [3.8, 4) is 5.75 Å². The second-order valence-corrected chi connectivity index (χ2v) is 6.62. The zero-order valence-electron chi connectivity index (χ0n) is 13.1. The standard InChI is InChI=1S/C18H19ClFNO2S/c19-15-3-7-17(8-4-15)23-11-12-24-13-18(22)21-10-9-14-1-5-16(20)6-2-14/h1-8H,9-13H2,(H,21,22). The lowest BCUT2D eigenvalue weighted by atomic mass is 10.1. The van der Waals surface area contributed by atoms with E-state index in [2.05, 4.69) is 5.32 Å². The minimum Gasteiger partial charge on any atom is -0.493 e. The lowest BCUT2D eigenvalue weighted by Crippen LogP contribution is -2.27. The topological polar surface area (TPSA) is 38.3 Å². The number of rotatable bonds is 9. The van der Waals surface area contributed by atoms with Gasteiger partial charge in [0.05, 0.1) is 12.4 Å². The number of thioether (sulfide) groups is 1. The molecule has 0 heterocycles. The highest BCUT2D eigenvalue weighted by atomic mass is 35.5. The maximum Gasteiger partial charge on any atom is 0.230 e. The Hall–Kier alpha value is -1.72. The van der Waals surface area contributed by atoms with Crippen LogP contribution in [0.3, 0.4) is 0 Å². The number of hydrogen-bond donors (Lipinski definition) is 1. The molecule has 0 atom stereocenters. The fraction of sp³-hybridized carbons (Fsp3) is 0.278. The van der Waals surface area contributed by atoms with Crippen LogP contribution in [0.1, 0.15) is 5.56 Å². The first kappa shape index (κ1) is 18.6. The Balaban J connectivity index is 1.51. The van der Waals surface area contributed by atoms with Crippen LogP contribution in [0.15, 0.2) is 48.5 Å². The van der Waals surface area contributed by atoms with Gasteiger partial charge in [0.2, 0.25) is 5.91 Å². The summed E-state index contributed by atoms with van der Waals surface area (Å²) in [7, 11) is 0. The van der Waals surface area contributed by atoms with Crippen LogP contribution in [-0.2, 0) is 11.2 Å². The molecule has 1 N–H and O–H groups in total. The Morgan fingerprint density at radius 1 is 1.12 bits per heavy atom. The predicted octanol–water partition coefficient (Wildman–Crippen LogP) is 3.95. The van der Waals surface area contributed by atoms with E-state index < -0.39 is 0 Å². The average Bonchev–Trinajstić information content (AvgIpc) is 2.58. The van der Waals surface area contributed by atoms with Crippen molar-refractivity contribution in [3.05, 3.63) is 64.9 Å². The molecule has 2 aromatic carbocycles. The summed E-state index contributed by atoms with van der Waals surface area (Å²) in [6.07, 6.45) is 0.691. The summed E-state index contributed by atoms with van der Waals surface area (Å²) in [4.78, 5) is 11.7. The number of benzene rings is 2. The smallest absolute Gasteiger partial charge is 0.230 e. The summed E-state index contributed by atoms with van der Waals surface area (Å²) in [5, 5.41) is 3.53. The van der Waals surface area contributed by atoms with E-state index in [9.17, 15) is 9.18 Å². The number of carbonyl (C=O) groups excluding carboxylic acids is 1. The molecular weight excluding hydrogens is 349 g/mol. The molecule has 0 aliphatic heterocycles. The maximum atomic E-state index is 12.8. The molecule has 0 aliphatic rings. The zero-order chi connectivity index (χ0) is 17.2. The number of ether oxygens (including phenoxy) is 1. The first-order chi connectivity index (χ1) is 11.6. The molecule has 0 aliphatic carbocycles. The van der Waals surface area contributed by atoms with Gasteiger partial charge in [-0.2, -0.15) is 0 Å². The third kappa shape index (κ3) is 7.23. The maximum absolute atomic E-state index is 12.8. The molecule has 0 saturated heterocycles. The molecule has 0 fully saturated rings. The molecule has 2 rings (SSSR count). The van der Waals surface area contributed by atoms with Crippen molar-refractivity contribution < 1.29 is 13.9 Å². The normalized spacial score (nSPS) is 10.4. The number of carbonyl (C=O) groups is 1. The number of hydrogen-bond acceptors (Lipinski definition) is 3. The molecule has 3 nitrogen and oxygen atoms in total. The van der Waals surface area contributed by atoms with Crippen molar-refractivity contribution in [1.29, 1.82) is 0 Å². The van der Waals surface area contributed by atoms with Crippen molar-refractivity contribution in [1.82, 2.24) is 5.32 Å². The second kappa shape index (κ2) is 10.2. The van der Waals surface area contributed by atoms with E-state index in [1.165, 1.54) is 23.9 Å². The average molecular weight is 368 g/mol. The van der Waals surface area contributed by atoms with Gasteiger partial charge in [0.25, 0.3) is 0 Å². The predicted molar refractivity (Wildman–Crippen MR) is 97.4 cm³/mol. The molecule has 0 unspecified atom stereocenters. The van der Waals surface area contributed by atoms with Crippen LogP contribution in [0, 0.1) is 5.82 Å². The number of nitrogens with one attached hydrogen (secondary N) is 1. The molecule has 6 heteroatoms. The molecule has 0 spiro atoms. The van der Waals surface area contributed by atoms with Crippen LogP contribution < -0.4 is 10.1 Å². The Kier molecular flexibility index (Phi) is 7.92. The Morgan fingerprint density at radius 2 is 1.83 bits per heavy atom.